The van der Waals surface area contributed by atoms with Gasteiger partial charge in [-0.15, -0.1) is 0 Å². The topological polar surface area (TPSA) is 37.4 Å². The monoisotopic (exact) mass is 223 g/mol. The first-order chi connectivity index (χ1) is 7.31. The van der Waals surface area contributed by atoms with Crippen molar-refractivity contribution in [1.82, 2.24) is 4.31 Å². The van der Waals surface area contributed by atoms with Crippen LogP contribution in [0.3, 0.4) is 0 Å². The maximum atomic E-state index is 12.0. The van der Waals surface area contributed by atoms with Gasteiger partial charge in [0.1, 0.15) is 17.3 Å². The van der Waals surface area contributed by atoms with E-state index in [9.17, 15) is 9.00 Å². The van der Waals surface area contributed by atoms with Crippen molar-refractivity contribution in [2.45, 2.75) is 17.7 Å². The van der Waals surface area contributed by atoms with E-state index in [0.717, 1.165) is 37.1 Å². The Morgan fingerprint density at radius 3 is 2.27 bits per heavy atom. The van der Waals surface area contributed by atoms with Gasteiger partial charge in [-0.25, -0.2) is 8.51 Å². The third-order valence-corrected chi connectivity index (χ3v) is 4.03. The maximum absolute atomic E-state index is 12.0. The Kier molecular flexibility index (Phi) is 3.28. The molecule has 0 aliphatic carbocycles. The van der Waals surface area contributed by atoms with E-state index in [1.165, 1.54) is 0 Å². The van der Waals surface area contributed by atoms with Gasteiger partial charge >= 0.3 is 0 Å². The second kappa shape index (κ2) is 4.68. The highest BCUT2D eigenvalue weighted by Gasteiger charge is 2.18. The zero-order valence-corrected chi connectivity index (χ0v) is 9.20. The molecule has 1 saturated heterocycles. The molecular formula is C11H13NO2S. The lowest BCUT2D eigenvalue weighted by Crippen LogP contribution is -2.21. The number of rotatable bonds is 3. The van der Waals surface area contributed by atoms with Crippen molar-refractivity contribution < 1.29 is 9.00 Å². The van der Waals surface area contributed by atoms with Crippen molar-refractivity contribution in [2.75, 3.05) is 13.1 Å². The minimum atomic E-state index is -1.05. The van der Waals surface area contributed by atoms with E-state index in [1.807, 2.05) is 4.31 Å². The molecule has 1 heterocycles. The van der Waals surface area contributed by atoms with Gasteiger partial charge in [0.25, 0.3) is 0 Å². The molecular weight excluding hydrogens is 210 g/mol. The van der Waals surface area contributed by atoms with Crippen LogP contribution in [0, 0.1) is 0 Å². The lowest BCUT2D eigenvalue weighted by atomic mass is 10.2. The van der Waals surface area contributed by atoms with Crippen LogP contribution in [-0.2, 0) is 11.0 Å². The van der Waals surface area contributed by atoms with Crippen molar-refractivity contribution in [3.05, 3.63) is 29.8 Å². The lowest BCUT2D eigenvalue weighted by Gasteiger charge is -2.13. The molecule has 1 atom stereocenters. The van der Waals surface area contributed by atoms with Crippen LogP contribution < -0.4 is 0 Å². The molecule has 0 saturated carbocycles. The van der Waals surface area contributed by atoms with Crippen LogP contribution in [0.4, 0.5) is 0 Å². The van der Waals surface area contributed by atoms with Gasteiger partial charge in [0.2, 0.25) is 0 Å². The van der Waals surface area contributed by atoms with Crippen LogP contribution in [0.5, 0.6) is 0 Å². The molecule has 3 nitrogen and oxygen atoms in total. The van der Waals surface area contributed by atoms with Crippen molar-refractivity contribution in [2.24, 2.45) is 0 Å². The zero-order chi connectivity index (χ0) is 10.7. The van der Waals surface area contributed by atoms with Gasteiger partial charge < -0.3 is 0 Å². The zero-order valence-electron chi connectivity index (χ0n) is 8.39. The van der Waals surface area contributed by atoms with Gasteiger partial charge in [-0.1, -0.05) is 12.1 Å². The van der Waals surface area contributed by atoms with E-state index >= 15 is 0 Å². The molecule has 0 amide bonds. The van der Waals surface area contributed by atoms with Crippen molar-refractivity contribution >= 4 is 17.3 Å². The Labute approximate surface area is 91.7 Å². The molecule has 15 heavy (non-hydrogen) atoms. The van der Waals surface area contributed by atoms with Crippen LogP contribution in [0.15, 0.2) is 29.2 Å². The van der Waals surface area contributed by atoms with Gasteiger partial charge in [-0.05, 0) is 25.0 Å². The van der Waals surface area contributed by atoms with Crippen LogP contribution in [-0.4, -0.2) is 27.9 Å². The van der Waals surface area contributed by atoms with E-state index in [1.54, 1.807) is 24.3 Å². The summed E-state index contributed by atoms with van der Waals surface area (Å²) in [6, 6.07) is 6.93. The van der Waals surface area contributed by atoms with Crippen molar-refractivity contribution in [3.8, 4) is 0 Å². The molecule has 1 aromatic rings. The summed E-state index contributed by atoms with van der Waals surface area (Å²) in [4.78, 5) is 11.2. The fourth-order valence-electron chi connectivity index (χ4n) is 1.67. The minimum Gasteiger partial charge on any atom is -0.298 e. The molecule has 1 unspecified atom stereocenters. The number of benzene rings is 1. The first-order valence-corrected chi connectivity index (χ1v) is 6.14. The molecule has 80 valence electrons. The fourth-order valence-corrected chi connectivity index (χ4v) is 2.92. The Hall–Kier alpha value is -1.00. The smallest absolute Gasteiger partial charge is 0.150 e. The SMILES string of the molecule is O=Cc1ccc(S(=O)N2CCCC2)cc1. The highest BCUT2D eigenvalue weighted by Crippen LogP contribution is 2.17. The average molecular weight is 223 g/mol. The predicted octanol–water partition coefficient (Wildman–Crippen LogP) is 1.62. The third-order valence-electron chi connectivity index (χ3n) is 2.52. The minimum absolute atomic E-state index is 0.622. The Bertz CT molecular complexity index is 369. The Balaban J connectivity index is 2.14. The van der Waals surface area contributed by atoms with Crippen LogP contribution in [0.2, 0.25) is 0 Å². The molecule has 4 heteroatoms. The molecule has 0 radical (unpaired) electrons. The fraction of sp³-hybridized carbons (Fsp3) is 0.364. The highest BCUT2D eigenvalue weighted by atomic mass is 32.2. The quantitative estimate of drug-likeness (QED) is 0.730. The van der Waals surface area contributed by atoms with Crippen LogP contribution in [0.1, 0.15) is 23.2 Å². The van der Waals surface area contributed by atoms with Gasteiger partial charge in [0.05, 0.1) is 4.90 Å². The van der Waals surface area contributed by atoms with Crippen molar-refractivity contribution in [3.63, 3.8) is 0 Å². The summed E-state index contributed by atoms with van der Waals surface area (Å²) in [5.74, 6) is 0. The first kappa shape index (κ1) is 10.5. The number of nitrogens with zero attached hydrogens (tertiary/aromatic N) is 1. The first-order valence-electron chi connectivity index (χ1n) is 5.03. The molecule has 0 aromatic heterocycles. The second-order valence-electron chi connectivity index (χ2n) is 3.57. The number of hydrogen-bond donors (Lipinski definition) is 0. The van der Waals surface area contributed by atoms with E-state index in [-0.39, 0.29) is 0 Å². The molecule has 1 aromatic carbocycles. The molecule has 2 rings (SSSR count). The summed E-state index contributed by atoms with van der Waals surface area (Å²) in [5, 5.41) is 0. The number of aldehydes is 1. The predicted molar refractivity (Wildman–Crippen MR) is 59.0 cm³/mol. The third kappa shape index (κ3) is 2.33. The largest absolute Gasteiger partial charge is 0.298 e. The normalized spacial score (nSPS) is 18.9. The molecule has 0 spiro atoms. The van der Waals surface area contributed by atoms with E-state index < -0.39 is 11.0 Å². The molecule has 0 bridgehead atoms. The number of carbonyl (C=O) groups is 1. The highest BCUT2D eigenvalue weighted by molar-refractivity contribution is 7.82. The standard InChI is InChI=1S/C11H13NO2S/c13-9-10-3-5-11(6-4-10)15(14)12-7-1-2-8-12/h3-6,9H,1-2,7-8H2. The van der Waals surface area contributed by atoms with Crippen LogP contribution >= 0.6 is 0 Å². The summed E-state index contributed by atoms with van der Waals surface area (Å²) in [5.41, 5.74) is 0.622. The molecule has 1 fully saturated rings. The lowest BCUT2D eigenvalue weighted by molar-refractivity contribution is 0.112. The van der Waals surface area contributed by atoms with Crippen molar-refractivity contribution in [1.29, 1.82) is 0 Å². The Morgan fingerprint density at radius 2 is 1.73 bits per heavy atom. The van der Waals surface area contributed by atoms with Gasteiger partial charge in [0.15, 0.2) is 0 Å². The van der Waals surface area contributed by atoms with Gasteiger partial charge in [0, 0.05) is 18.7 Å². The summed E-state index contributed by atoms with van der Waals surface area (Å²) in [6.45, 7) is 1.81. The summed E-state index contributed by atoms with van der Waals surface area (Å²) >= 11 is 0. The molecule has 0 N–H and O–H groups in total. The number of carbonyl (C=O) groups excluding carboxylic acids is 1. The van der Waals surface area contributed by atoms with E-state index in [0.29, 0.717) is 5.56 Å². The summed E-state index contributed by atoms with van der Waals surface area (Å²) in [6.07, 6.45) is 3.04. The maximum Gasteiger partial charge on any atom is 0.150 e. The summed E-state index contributed by atoms with van der Waals surface area (Å²) < 4.78 is 14.0. The molecule has 1 aliphatic heterocycles. The number of hydrogen-bond acceptors (Lipinski definition) is 2. The van der Waals surface area contributed by atoms with Gasteiger partial charge in [-0.3, -0.25) is 4.79 Å². The van der Waals surface area contributed by atoms with E-state index in [4.69, 9.17) is 0 Å². The average Bonchev–Trinajstić information content (AvgIpc) is 2.82. The van der Waals surface area contributed by atoms with Gasteiger partial charge in [-0.2, -0.15) is 0 Å². The molecule has 1 aliphatic rings. The van der Waals surface area contributed by atoms with E-state index in [2.05, 4.69) is 0 Å². The van der Waals surface area contributed by atoms with Crippen LogP contribution in [0.25, 0.3) is 0 Å². The summed E-state index contributed by atoms with van der Waals surface area (Å²) in [7, 11) is -1.05. The Morgan fingerprint density at radius 1 is 1.13 bits per heavy atom. The second-order valence-corrected chi connectivity index (χ2v) is 5.06.